The summed E-state index contributed by atoms with van der Waals surface area (Å²) in [4.78, 5) is 12.7. The standard InChI is InChI=1S/C17H24O2/c1-4-17(5-2,19-6-3)16(18)15-12-14(15)13-10-8-7-9-11-13/h7-11,14-15H,4-6,12H2,1-3H3. The molecule has 1 aliphatic rings. The predicted molar refractivity (Wildman–Crippen MR) is 77.2 cm³/mol. The van der Waals surface area contributed by atoms with Crippen LogP contribution in [0.15, 0.2) is 30.3 Å². The number of hydrogen-bond acceptors (Lipinski definition) is 2. The molecule has 0 saturated heterocycles. The molecule has 0 N–H and O–H groups in total. The minimum absolute atomic E-state index is 0.161. The van der Waals surface area contributed by atoms with Gasteiger partial charge in [-0.25, -0.2) is 0 Å². The molecule has 0 bridgehead atoms. The fraction of sp³-hybridized carbons (Fsp3) is 0.588. The molecule has 1 aliphatic carbocycles. The van der Waals surface area contributed by atoms with Crippen molar-refractivity contribution in [1.82, 2.24) is 0 Å². The summed E-state index contributed by atoms with van der Waals surface area (Å²) in [6.45, 7) is 6.68. The maximum atomic E-state index is 12.7. The number of hydrogen-bond donors (Lipinski definition) is 0. The van der Waals surface area contributed by atoms with Crippen molar-refractivity contribution >= 4 is 5.78 Å². The Morgan fingerprint density at radius 2 is 1.84 bits per heavy atom. The summed E-state index contributed by atoms with van der Waals surface area (Å²) >= 11 is 0. The number of benzene rings is 1. The molecule has 2 nitrogen and oxygen atoms in total. The first kappa shape index (κ1) is 14.3. The number of Topliss-reactive ketones (excluding diaryl/α,β-unsaturated/α-hetero) is 1. The Labute approximate surface area is 116 Å². The van der Waals surface area contributed by atoms with E-state index in [2.05, 4.69) is 26.0 Å². The van der Waals surface area contributed by atoms with E-state index in [-0.39, 0.29) is 5.92 Å². The third-order valence-electron chi connectivity index (χ3n) is 4.37. The van der Waals surface area contributed by atoms with Crippen molar-refractivity contribution in [2.75, 3.05) is 6.61 Å². The molecule has 2 atom stereocenters. The highest BCUT2D eigenvalue weighted by Crippen LogP contribution is 2.50. The SMILES string of the molecule is CCOC(CC)(CC)C(=O)C1CC1c1ccccc1. The Hall–Kier alpha value is -1.15. The number of carbonyl (C=O) groups excluding carboxylic acids is 1. The van der Waals surface area contributed by atoms with Crippen LogP contribution in [0.25, 0.3) is 0 Å². The minimum Gasteiger partial charge on any atom is -0.368 e. The van der Waals surface area contributed by atoms with Gasteiger partial charge in [0, 0.05) is 12.5 Å². The van der Waals surface area contributed by atoms with Crippen molar-refractivity contribution in [2.45, 2.75) is 51.6 Å². The summed E-state index contributed by atoms with van der Waals surface area (Å²) in [6.07, 6.45) is 2.53. The summed E-state index contributed by atoms with van der Waals surface area (Å²) in [5, 5.41) is 0. The molecule has 0 spiro atoms. The van der Waals surface area contributed by atoms with Gasteiger partial charge < -0.3 is 4.74 Å². The van der Waals surface area contributed by atoms with Crippen LogP contribution in [0.2, 0.25) is 0 Å². The summed E-state index contributed by atoms with van der Waals surface area (Å²) in [7, 11) is 0. The van der Waals surface area contributed by atoms with E-state index in [1.807, 2.05) is 25.1 Å². The number of ether oxygens (including phenoxy) is 1. The zero-order valence-corrected chi connectivity index (χ0v) is 12.2. The Bertz CT molecular complexity index is 420. The van der Waals surface area contributed by atoms with E-state index >= 15 is 0 Å². The van der Waals surface area contributed by atoms with Gasteiger partial charge in [0.15, 0.2) is 5.78 Å². The molecule has 104 valence electrons. The fourth-order valence-electron chi connectivity index (χ4n) is 3.04. The molecule has 1 saturated carbocycles. The molecule has 1 aromatic rings. The first-order chi connectivity index (χ1) is 9.18. The Morgan fingerprint density at radius 1 is 1.21 bits per heavy atom. The first-order valence-electron chi connectivity index (χ1n) is 7.41. The van der Waals surface area contributed by atoms with E-state index in [1.54, 1.807) is 0 Å². The Kier molecular flexibility index (Phi) is 4.41. The summed E-state index contributed by atoms with van der Waals surface area (Å²) < 4.78 is 5.83. The average molecular weight is 260 g/mol. The lowest BCUT2D eigenvalue weighted by atomic mass is 9.88. The zero-order valence-electron chi connectivity index (χ0n) is 12.2. The molecule has 1 aromatic carbocycles. The monoisotopic (exact) mass is 260 g/mol. The van der Waals surface area contributed by atoms with Gasteiger partial charge in [-0.15, -0.1) is 0 Å². The minimum atomic E-state index is -0.553. The smallest absolute Gasteiger partial charge is 0.168 e. The highest BCUT2D eigenvalue weighted by Gasteiger charge is 2.51. The van der Waals surface area contributed by atoms with Gasteiger partial charge in [-0.05, 0) is 37.7 Å². The van der Waals surface area contributed by atoms with Crippen molar-refractivity contribution in [3.63, 3.8) is 0 Å². The third-order valence-corrected chi connectivity index (χ3v) is 4.37. The molecule has 0 radical (unpaired) electrons. The second kappa shape index (κ2) is 5.87. The average Bonchev–Trinajstić information content (AvgIpc) is 3.25. The second-order valence-electron chi connectivity index (χ2n) is 5.36. The molecular weight excluding hydrogens is 236 g/mol. The fourth-order valence-corrected chi connectivity index (χ4v) is 3.04. The van der Waals surface area contributed by atoms with Crippen LogP contribution in [0.1, 0.15) is 51.5 Å². The van der Waals surface area contributed by atoms with Gasteiger partial charge in [0.1, 0.15) is 5.60 Å². The summed E-state index contributed by atoms with van der Waals surface area (Å²) in [6, 6.07) is 10.4. The highest BCUT2D eigenvalue weighted by atomic mass is 16.5. The van der Waals surface area contributed by atoms with Gasteiger partial charge in [0.2, 0.25) is 0 Å². The maximum absolute atomic E-state index is 12.7. The largest absolute Gasteiger partial charge is 0.368 e. The second-order valence-corrected chi connectivity index (χ2v) is 5.36. The van der Waals surface area contributed by atoms with Crippen LogP contribution in [0, 0.1) is 5.92 Å². The van der Waals surface area contributed by atoms with E-state index in [9.17, 15) is 4.79 Å². The van der Waals surface area contributed by atoms with E-state index in [1.165, 1.54) is 5.56 Å². The van der Waals surface area contributed by atoms with Crippen LogP contribution in [-0.4, -0.2) is 18.0 Å². The van der Waals surface area contributed by atoms with Crippen LogP contribution < -0.4 is 0 Å². The van der Waals surface area contributed by atoms with E-state index in [0.717, 1.165) is 19.3 Å². The Balaban J connectivity index is 2.09. The summed E-state index contributed by atoms with van der Waals surface area (Å²) in [5.74, 6) is 0.883. The quantitative estimate of drug-likeness (QED) is 0.742. The molecule has 0 heterocycles. The molecule has 2 heteroatoms. The maximum Gasteiger partial charge on any atom is 0.168 e. The van der Waals surface area contributed by atoms with Gasteiger partial charge in [-0.3, -0.25) is 4.79 Å². The number of rotatable bonds is 7. The van der Waals surface area contributed by atoms with Crippen molar-refractivity contribution < 1.29 is 9.53 Å². The van der Waals surface area contributed by atoms with Gasteiger partial charge >= 0.3 is 0 Å². The Morgan fingerprint density at radius 3 is 2.37 bits per heavy atom. The lowest BCUT2D eigenvalue weighted by Crippen LogP contribution is -2.42. The number of carbonyl (C=O) groups is 1. The van der Waals surface area contributed by atoms with E-state index in [0.29, 0.717) is 18.3 Å². The summed E-state index contributed by atoms with van der Waals surface area (Å²) in [5.41, 5.74) is 0.738. The number of ketones is 1. The molecule has 2 unspecified atom stereocenters. The lowest BCUT2D eigenvalue weighted by Gasteiger charge is -2.30. The molecule has 19 heavy (non-hydrogen) atoms. The highest BCUT2D eigenvalue weighted by molar-refractivity contribution is 5.92. The van der Waals surface area contributed by atoms with Crippen LogP contribution in [0.5, 0.6) is 0 Å². The van der Waals surface area contributed by atoms with Crippen LogP contribution in [0.4, 0.5) is 0 Å². The predicted octanol–water partition coefficient (Wildman–Crippen LogP) is 3.95. The molecule has 1 fully saturated rings. The molecule has 2 rings (SSSR count). The molecule has 0 aliphatic heterocycles. The van der Waals surface area contributed by atoms with Crippen LogP contribution in [-0.2, 0) is 9.53 Å². The van der Waals surface area contributed by atoms with Crippen molar-refractivity contribution in [2.24, 2.45) is 5.92 Å². The van der Waals surface area contributed by atoms with Gasteiger partial charge in [0.05, 0.1) is 0 Å². The first-order valence-corrected chi connectivity index (χ1v) is 7.41. The lowest BCUT2D eigenvalue weighted by molar-refractivity contribution is -0.147. The van der Waals surface area contributed by atoms with Crippen molar-refractivity contribution in [1.29, 1.82) is 0 Å². The van der Waals surface area contributed by atoms with Crippen LogP contribution in [0.3, 0.4) is 0 Å². The zero-order chi connectivity index (χ0) is 13.9. The van der Waals surface area contributed by atoms with Crippen LogP contribution >= 0.6 is 0 Å². The molecular formula is C17H24O2. The van der Waals surface area contributed by atoms with Gasteiger partial charge in [-0.2, -0.15) is 0 Å². The third kappa shape index (κ3) is 2.74. The normalized spacial score (nSPS) is 22.3. The van der Waals surface area contributed by atoms with Crippen molar-refractivity contribution in [3.05, 3.63) is 35.9 Å². The van der Waals surface area contributed by atoms with Gasteiger partial charge in [-0.1, -0.05) is 44.2 Å². The van der Waals surface area contributed by atoms with E-state index < -0.39 is 5.60 Å². The van der Waals surface area contributed by atoms with Gasteiger partial charge in [0.25, 0.3) is 0 Å². The van der Waals surface area contributed by atoms with E-state index in [4.69, 9.17) is 4.74 Å². The molecule has 0 aromatic heterocycles. The topological polar surface area (TPSA) is 26.3 Å². The van der Waals surface area contributed by atoms with Crippen molar-refractivity contribution in [3.8, 4) is 0 Å². The molecule has 0 amide bonds.